The van der Waals surface area contributed by atoms with Gasteiger partial charge in [0.1, 0.15) is 5.82 Å². The van der Waals surface area contributed by atoms with Gasteiger partial charge in [-0.1, -0.05) is 30.3 Å². The van der Waals surface area contributed by atoms with Crippen molar-refractivity contribution in [3.8, 4) is 0 Å². The molecule has 0 aliphatic heterocycles. The zero-order valence-corrected chi connectivity index (χ0v) is 9.28. The molecule has 5 nitrogen and oxygen atoms in total. The lowest BCUT2D eigenvalue weighted by atomic mass is 10.1. The Kier molecular flexibility index (Phi) is 3.20. The van der Waals surface area contributed by atoms with Crippen molar-refractivity contribution in [1.82, 2.24) is 9.78 Å². The van der Waals surface area contributed by atoms with Crippen LogP contribution in [-0.2, 0) is 6.42 Å². The maximum absolute atomic E-state index is 11.9. The van der Waals surface area contributed by atoms with Crippen molar-refractivity contribution < 1.29 is 4.79 Å². The van der Waals surface area contributed by atoms with E-state index in [2.05, 4.69) is 5.10 Å². The Morgan fingerprint density at radius 3 is 2.59 bits per heavy atom. The maximum atomic E-state index is 11.9. The number of nitrogen functional groups attached to an aromatic ring is 1. The summed E-state index contributed by atoms with van der Waals surface area (Å²) >= 11 is 0. The van der Waals surface area contributed by atoms with E-state index in [9.17, 15) is 4.79 Å². The predicted molar refractivity (Wildman–Crippen MR) is 65.4 cm³/mol. The highest BCUT2D eigenvalue weighted by Crippen LogP contribution is 2.06. The molecule has 1 atom stereocenters. The van der Waals surface area contributed by atoms with E-state index in [1.807, 2.05) is 30.3 Å². The first kappa shape index (κ1) is 11.3. The van der Waals surface area contributed by atoms with Crippen LogP contribution in [-0.4, -0.2) is 21.7 Å². The summed E-state index contributed by atoms with van der Waals surface area (Å²) in [5, 5.41) is 3.84. The molecule has 0 amide bonds. The summed E-state index contributed by atoms with van der Waals surface area (Å²) in [6.45, 7) is 0. The average Bonchev–Trinajstić information content (AvgIpc) is 2.76. The Morgan fingerprint density at radius 1 is 1.29 bits per heavy atom. The van der Waals surface area contributed by atoms with Crippen molar-refractivity contribution in [3.63, 3.8) is 0 Å². The van der Waals surface area contributed by atoms with Crippen LogP contribution in [0.3, 0.4) is 0 Å². The lowest BCUT2D eigenvalue weighted by Crippen LogP contribution is -2.37. The van der Waals surface area contributed by atoms with Gasteiger partial charge in [-0.2, -0.15) is 9.78 Å². The van der Waals surface area contributed by atoms with Crippen LogP contribution < -0.4 is 11.5 Å². The first-order valence-electron chi connectivity index (χ1n) is 5.31. The fraction of sp³-hybridized carbons (Fsp3) is 0.167. The van der Waals surface area contributed by atoms with Gasteiger partial charge >= 0.3 is 0 Å². The summed E-state index contributed by atoms with van der Waals surface area (Å²) in [4.78, 5) is 11.9. The van der Waals surface area contributed by atoms with Gasteiger partial charge in [-0.25, -0.2) is 0 Å². The average molecular weight is 230 g/mol. The van der Waals surface area contributed by atoms with Crippen LogP contribution >= 0.6 is 0 Å². The monoisotopic (exact) mass is 230 g/mol. The van der Waals surface area contributed by atoms with Crippen LogP contribution in [0, 0.1) is 0 Å². The SMILES string of the molecule is Nc1ccnn1C(=O)[C@@H](N)Cc1ccccc1. The van der Waals surface area contributed by atoms with Crippen molar-refractivity contribution in [2.75, 3.05) is 5.73 Å². The molecule has 0 unspecified atom stereocenters. The number of carbonyl (C=O) groups is 1. The first-order chi connectivity index (χ1) is 8.18. The molecular formula is C12H14N4O. The second kappa shape index (κ2) is 4.80. The summed E-state index contributed by atoms with van der Waals surface area (Å²) < 4.78 is 1.13. The molecule has 0 aliphatic carbocycles. The molecule has 0 aliphatic rings. The standard InChI is InChI=1S/C12H14N4O/c13-10(8-9-4-2-1-3-5-9)12(17)16-11(14)6-7-15-16/h1-7,10H,8,13-14H2/t10-/m0/s1. The largest absolute Gasteiger partial charge is 0.383 e. The number of nitrogens with zero attached hydrogens (tertiary/aromatic N) is 2. The molecule has 0 saturated heterocycles. The number of hydrogen-bond donors (Lipinski definition) is 2. The summed E-state index contributed by atoms with van der Waals surface area (Å²) in [7, 11) is 0. The van der Waals surface area contributed by atoms with Gasteiger partial charge < -0.3 is 11.5 Å². The minimum absolute atomic E-state index is 0.295. The van der Waals surface area contributed by atoms with Crippen LogP contribution in [0.25, 0.3) is 0 Å². The van der Waals surface area contributed by atoms with Gasteiger partial charge in [0.15, 0.2) is 0 Å². The Morgan fingerprint density at radius 2 is 2.00 bits per heavy atom. The molecule has 4 N–H and O–H groups in total. The van der Waals surface area contributed by atoms with Crippen molar-refractivity contribution in [1.29, 1.82) is 0 Å². The van der Waals surface area contributed by atoms with Gasteiger partial charge in [0.05, 0.1) is 12.2 Å². The van der Waals surface area contributed by atoms with E-state index in [1.54, 1.807) is 6.07 Å². The third kappa shape index (κ3) is 2.51. The van der Waals surface area contributed by atoms with Crippen LogP contribution in [0.5, 0.6) is 0 Å². The van der Waals surface area contributed by atoms with E-state index in [-0.39, 0.29) is 5.91 Å². The van der Waals surface area contributed by atoms with Gasteiger partial charge in [0, 0.05) is 6.07 Å². The van der Waals surface area contributed by atoms with E-state index >= 15 is 0 Å². The lowest BCUT2D eigenvalue weighted by molar-refractivity contribution is 0.0866. The molecule has 2 aromatic rings. The number of anilines is 1. The van der Waals surface area contributed by atoms with Crippen LogP contribution in [0.4, 0.5) is 5.82 Å². The Labute approximate surface area is 99.0 Å². The predicted octanol–water partition coefficient (Wildman–Crippen LogP) is 0.675. The first-order valence-corrected chi connectivity index (χ1v) is 5.31. The van der Waals surface area contributed by atoms with Crippen LogP contribution in [0.2, 0.25) is 0 Å². The number of rotatable bonds is 3. The van der Waals surface area contributed by atoms with Crippen molar-refractivity contribution >= 4 is 11.7 Å². The number of carbonyl (C=O) groups excluding carboxylic acids is 1. The Hall–Kier alpha value is -2.14. The zero-order chi connectivity index (χ0) is 12.3. The minimum atomic E-state index is -0.639. The molecule has 0 spiro atoms. The summed E-state index contributed by atoms with van der Waals surface area (Å²) in [5.74, 6) is 0.00913. The highest BCUT2D eigenvalue weighted by Gasteiger charge is 2.18. The maximum Gasteiger partial charge on any atom is 0.265 e. The molecule has 1 aromatic carbocycles. The van der Waals surface area contributed by atoms with E-state index < -0.39 is 6.04 Å². The van der Waals surface area contributed by atoms with E-state index in [4.69, 9.17) is 11.5 Å². The fourth-order valence-electron chi connectivity index (χ4n) is 1.61. The number of aromatic nitrogens is 2. The van der Waals surface area contributed by atoms with Crippen LogP contribution in [0.1, 0.15) is 10.4 Å². The molecule has 2 rings (SSSR count). The Balaban J connectivity index is 2.09. The van der Waals surface area contributed by atoms with Crippen molar-refractivity contribution in [2.24, 2.45) is 5.73 Å². The van der Waals surface area contributed by atoms with Crippen LogP contribution in [0.15, 0.2) is 42.6 Å². The van der Waals surface area contributed by atoms with Gasteiger partial charge in [0.25, 0.3) is 5.91 Å². The smallest absolute Gasteiger partial charge is 0.265 e. The summed E-state index contributed by atoms with van der Waals surface area (Å²) in [5.41, 5.74) is 12.5. The van der Waals surface area contributed by atoms with Gasteiger partial charge in [0.2, 0.25) is 0 Å². The minimum Gasteiger partial charge on any atom is -0.383 e. The molecule has 17 heavy (non-hydrogen) atoms. The van der Waals surface area contributed by atoms with Gasteiger partial charge in [-0.3, -0.25) is 4.79 Å². The normalized spacial score (nSPS) is 12.3. The zero-order valence-electron chi connectivity index (χ0n) is 9.28. The molecule has 0 saturated carbocycles. The topological polar surface area (TPSA) is 86.9 Å². The quantitative estimate of drug-likeness (QED) is 0.811. The van der Waals surface area contributed by atoms with Crippen molar-refractivity contribution in [3.05, 3.63) is 48.2 Å². The summed E-state index contributed by atoms with van der Waals surface area (Å²) in [6.07, 6.45) is 1.95. The van der Waals surface area contributed by atoms with E-state index in [1.165, 1.54) is 6.20 Å². The fourth-order valence-corrected chi connectivity index (χ4v) is 1.61. The number of benzene rings is 1. The molecule has 1 aromatic heterocycles. The molecule has 88 valence electrons. The highest BCUT2D eigenvalue weighted by molar-refractivity contribution is 5.85. The molecule has 0 bridgehead atoms. The molecule has 1 heterocycles. The number of nitrogens with two attached hydrogens (primary N) is 2. The third-order valence-corrected chi connectivity index (χ3v) is 2.50. The Bertz CT molecular complexity index is 506. The molecule has 0 fully saturated rings. The van der Waals surface area contributed by atoms with Gasteiger partial charge in [-0.05, 0) is 12.0 Å². The third-order valence-electron chi connectivity index (χ3n) is 2.50. The molecule has 5 heteroatoms. The second-order valence-electron chi connectivity index (χ2n) is 3.80. The molecule has 0 radical (unpaired) electrons. The van der Waals surface area contributed by atoms with E-state index in [0.29, 0.717) is 12.2 Å². The summed E-state index contributed by atoms with van der Waals surface area (Å²) in [6, 6.07) is 10.5. The lowest BCUT2D eigenvalue weighted by Gasteiger charge is -2.11. The van der Waals surface area contributed by atoms with E-state index in [0.717, 1.165) is 10.2 Å². The van der Waals surface area contributed by atoms with Crippen molar-refractivity contribution in [2.45, 2.75) is 12.5 Å². The highest BCUT2D eigenvalue weighted by atomic mass is 16.2. The number of hydrogen-bond acceptors (Lipinski definition) is 4. The molecular weight excluding hydrogens is 216 g/mol. The van der Waals surface area contributed by atoms with Gasteiger partial charge in [-0.15, -0.1) is 0 Å². The second-order valence-corrected chi connectivity index (χ2v) is 3.80.